The van der Waals surface area contributed by atoms with E-state index in [0.717, 1.165) is 12.8 Å². The molecule has 0 fully saturated rings. The van der Waals surface area contributed by atoms with Gasteiger partial charge in [0.15, 0.2) is 0 Å². The van der Waals surface area contributed by atoms with Crippen LogP contribution in [0.25, 0.3) is 0 Å². The minimum absolute atomic E-state index is 0. The Labute approximate surface area is 304 Å². The Bertz CT molecular complexity index is 1380. The quantitative estimate of drug-likeness (QED) is 0.180. The van der Waals surface area contributed by atoms with Crippen LogP contribution in [0.2, 0.25) is 5.04 Å². The van der Waals surface area contributed by atoms with Crippen molar-refractivity contribution < 1.29 is 58.9 Å². The molecule has 0 spiro atoms. The molecular formula is C39H51Cl3SiTi. The van der Waals surface area contributed by atoms with Crippen molar-refractivity contribution in [2.45, 2.75) is 113 Å². The van der Waals surface area contributed by atoms with Gasteiger partial charge in [0.1, 0.15) is 8.07 Å². The average Bonchev–Trinajstić information content (AvgIpc) is 3.09. The molecule has 0 nitrogen and oxygen atoms in total. The van der Waals surface area contributed by atoms with Crippen molar-refractivity contribution in [3.8, 4) is 0 Å². The molecular weight excluding hydrogens is 651 g/mol. The van der Waals surface area contributed by atoms with Gasteiger partial charge in [-0.3, -0.25) is 6.08 Å². The largest absolute Gasteiger partial charge is 4.00 e. The number of halogens is 3. The molecule has 1 aliphatic carbocycles. The average molecular weight is 702 g/mol. The van der Waals surface area contributed by atoms with E-state index in [2.05, 4.69) is 144 Å². The summed E-state index contributed by atoms with van der Waals surface area (Å²) in [5.41, 5.74) is 12.6. The fourth-order valence-corrected chi connectivity index (χ4v) is 13.7. The van der Waals surface area contributed by atoms with Crippen molar-refractivity contribution in [2.24, 2.45) is 0 Å². The molecule has 4 rings (SSSR count). The van der Waals surface area contributed by atoms with Crippen molar-refractivity contribution in [2.75, 3.05) is 0 Å². The molecule has 0 aliphatic heterocycles. The zero-order valence-electron chi connectivity index (χ0n) is 28.9. The molecule has 0 N–H and O–H groups in total. The molecule has 0 amide bonds. The molecule has 1 aliphatic rings. The van der Waals surface area contributed by atoms with Gasteiger partial charge < -0.3 is 37.2 Å². The normalized spacial score (nSPS) is 17.4. The van der Waals surface area contributed by atoms with Gasteiger partial charge in [0, 0.05) is 0 Å². The van der Waals surface area contributed by atoms with Gasteiger partial charge in [-0.05, 0) is 79.1 Å². The maximum atomic E-state index is 4.17. The summed E-state index contributed by atoms with van der Waals surface area (Å²) in [7, 11) is -2.76. The summed E-state index contributed by atoms with van der Waals surface area (Å²) in [5.74, 6) is 1.04. The minimum Gasteiger partial charge on any atom is -1.00 e. The summed E-state index contributed by atoms with van der Waals surface area (Å²) in [6.07, 6.45) is 6.46. The zero-order chi connectivity index (χ0) is 29.6. The molecule has 0 bridgehead atoms. The zero-order valence-corrected chi connectivity index (χ0v) is 33.7. The molecule has 3 unspecified atom stereocenters. The van der Waals surface area contributed by atoms with E-state index >= 15 is 0 Å². The summed E-state index contributed by atoms with van der Waals surface area (Å²) < 4.78 is 0. The standard InChI is InChI=1S/C39H51Si.3ClH.Ti/c1-13-29(7)34-21-35(30(8)14-2)23-38(22-34)40(36-17-25(3)15-26(4)18-36,37-19-27(5)16-28(6)20-37)39(12)24-31(9)32(10)33(39)11;;;;/h15-23,29-30H,13-14H2,1-12H3;3*1H;/q-1;;;;+4/p-3. The van der Waals surface area contributed by atoms with Crippen molar-refractivity contribution in [1.82, 2.24) is 0 Å². The second-order valence-corrected chi connectivity index (χ2v) is 17.4. The van der Waals surface area contributed by atoms with Crippen LogP contribution in [0.1, 0.15) is 113 Å². The number of aryl methyl sites for hydroxylation is 4. The van der Waals surface area contributed by atoms with Gasteiger partial charge >= 0.3 is 21.7 Å². The predicted molar refractivity (Wildman–Crippen MR) is 180 cm³/mol. The molecule has 0 radical (unpaired) electrons. The molecule has 5 heteroatoms. The van der Waals surface area contributed by atoms with Gasteiger partial charge in [0.05, 0.1) is 0 Å². The van der Waals surface area contributed by atoms with Crippen LogP contribution in [0.15, 0.2) is 71.3 Å². The smallest absolute Gasteiger partial charge is 1.00 e. The van der Waals surface area contributed by atoms with Crippen LogP contribution in [0.4, 0.5) is 0 Å². The second kappa shape index (κ2) is 16.7. The van der Waals surface area contributed by atoms with Gasteiger partial charge in [-0.25, -0.2) is 5.57 Å². The van der Waals surface area contributed by atoms with E-state index < -0.39 is 8.07 Å². The molecule has 0 saturated heterocycles. The number of hydrogen-bond acceptors (Lipinski definition) is 0. The minimum atomic E-state index is -2.76. The van der Waals surface area contributed by atoms with Gasteiger partial charge in [-0.1, -0.05) is 130 Å². The summed E-state index contributed by atoms with van der Waals surface area (Å²) in [6.45, 7) is 28.0. The molecule has 0 aromatic heterocycles. The predicted octanol–water partition coefficient (Wildman–Crippen LogP) is 0.287. The molecule has 44 heavy (non-hydrogen) atoms. The third kappa shape index (κ3) is 7.56. The molecule has 0 saturated carbocycles. The monoisotopic (exact) mass is 700 g/mol. The van der Waals surface area contributed by atoms with Gasteiger partial charge in [-0.2, -0.15) is 11.1 Å². The van der Waals surface area contributed by atoms with Crippen LogP contribution in [-0.4, -0.2) is 8.07 Å². The maximum Gasteiger partial charge on any atom is 4.00 e. The molecule has 3 aromatic carbocycles. The summed E-state index contributed by atoms with van der Waals surface area (Å²) in [5, 5.41) is 4.32. The Morgan fingerprint density at radius 3 is 1.23 bits per heavy atom. The van der Waals surface area contributed by atoms with Gasteiger partial charge in [-0.15, -0.1) is 6.92 Å². The summed E-state index contributed by atoms with van der Waals surface area (Å²) >= 11 is 0. The van der Waals surface area contributed by atoms with E-state index in [1.165, 1.54) is 65.7 Å². The van der Waals surface area contributed by atoms with Crippen LogP contribution in [-0.2, 0) is 21.7 Å². The topological polar surface area (TPSA) is 0 Å². The fraction of sp³-hybridized carbons (Fsp3) is 0.436. The Hall–Kier alpha value is -1.06. The van der Waals surface area contributed by atoms with E-state index in [0.29, 0.717) is 11.8 Å². The Balaban J connectivity index is 0.00000462. The van der Waals surface area contributed by atoms with Crippen LogP contribution < -0.4 is 52.8 Å². The first-order chi connectivity index (χ1) is 18.8. The van der Waals surface area contributed by atoms with Crippen LogP contribution >= 0.6 is 0 Å². The van der Waals surface area contributed by atoms with E-state index in [-0.39, 0.29) is 64.0 Å². The van der Waals surface area contributed by atoms with Crippen molar-refractivity contribution in [3.05, 3.63) is 111 Å². The first-order valence-electron chi connectivity index (χ1n) is 15.4. The molecule has 236 valence electrons. The first kappa shape index (κ1) is 42.9. The number of hydrogen-bond donors (Lipinski definition) is 0. The van der Waals surface area contributed by atoms with E-state index in [1.807, 2.05) is 0 Å². The Morgan fingerprint density at radius 1 is 0.591 bits per heavy atom. The van der Waals surface area contributed by atoms with E-state index in [1.54, 1.807) is 0 Å². The van der Waals surface area contributed by atoms with Crippen molar-refractivity contribution in [1.29, 1.82) is 0 Å². The molecule has 0 heterocycles. The summed E-state index contributed by atoms with van der Waals surface area (Å²) in [4.78, 5) is 0. The van der Waals surface area contributed by atoms with Crippen LogP contribution in [0.3, 0.4) is 0 Å². The fourth-order valence-electron chi connectivity index (χ4n) is 7.28. The number of benzene rings is 3. The number of rotatable bonds is 8. The molecule has 3 atom stereocenters. The van der Waals surface area contributed by atoms with Crippen LogP contribution in [0, 0.1) is 33.8 Å². The summed E-state index contributed by atoms with van der Waals surface area (Å²) in [6, 6.07) is 22.5. The van der Waals surface area contributed by atoms with Gasteiger partial charge in [0.25, 0.3) is 0 Å². The third-order valence-corrected chi connectivity index (χ3v) is 15.6. The SMILES string of the molecule is CCC(C)c1cc(C(C)CC)cc([Si](c2cc(C)cc(C)c2)(c2cc(C)cc(C)c2)C2(C)[C-]=C(C)C(C)=C2C)c1.[Cl-].[Cl-].[Cl-].[Ti+4]. The van der Waals surface area contributed by atoms with E-state index in [4.69, 9.17) is 0 Å². The number of allylic oxidation sites excluding steroid dienone is 4. The van der Waals surface area contributed by atoms with E-state index in [9.17, 15) is 0 Å². The molecule has 3 aromatic rings. The Morgan fingerprint density at radius 2 is 0.932 bits per heavy atom. The maximum absolute atomic E-state index is 4.17. The first-order valence-corrected chi connectivity index (χ1v) is 17.4. The van der Waals surface area contributed by atoms with Crippen LogP contribution in [0.5, 0.6) is 0 Å². The third-order valence-electron chi connectivity index (χ3n) is 10.1. The van der Waals surface area contributed by atoms with Crippen molar-refractivity contribution >= 4 is 23.6 Å². The van der Waals surface area contributed by atoms with Crippen molar-refractivity contribution in [3.63, 3.8) is 0 Å². The Kier molecular flexibility index (Phi) is 16.3. The second-order valence-electron chi connectivity index (χ2n) is 13.1. The van der Waals surface area contributed by atoms with Gasteiger partial charge in [0.2, 0.25) is 0 Å².